The lowest BCUT2D eigenvalue weighted by Crippen LogP contribution is -2.36. The molecule has 2 aromatic carbocycles. The molecule has 1 aromatic heterocycles. The Morgan fingerprint density at radius 2 is 1.87 bits per heavy atom. The van der Waals surface area contributed by atoms with Gasteiger partial charge in [-0.05, 0) is 43.5 Å². The Balaban J connectivity index is 0.00000272. The van der Waals surface area contributed by atoms with Crippen LogP contribution in [0.1, 0.15) is 36.1 Å². The molecule has 3 N–H and O–H groups in total. The smallest absolute Gasteiger partial charge is 0.227 e. The van der Waals surface area contributed by atoms with Gasteiger partial charge in [-0.2, -0.15) is 0 Å². The molecule has 1 aliphatic carbocycles. The summed E-state index contributed by atoms with van der Waals surface area (Å²) in [4.78, 5) is 16.5. The molecule has 0 atom stereocenters. The molecule has 3 aromatic rings. The fraction of sp³-hybridized carbons (Fsp3) is 0.333. The van der Waals surface area contributed by atoms with Crippen molar-refractivity contribution in [3.63, 3.8) is 0 Å². The Morgan fingerprint density at radius 1 is 1.10 bits per heavy atom. The fourth-order valence-corrected chi connectivity index (χ4v) is 3.64. The van der Waals surface area contributed by atoms with E-state index in [9.17, 15) is 4.79 Å². The van der Waals surface area contributed by atoms with Gasteiger partial charge in [0.1, 0.15) is 11.3 Å². The van der Waals surface area contributed by atoms with E-state index in [1.807, 2.05) is 42.5 Å². The average molecular weight is 532 g/mol. The molecule has 0 radical (unpaired) electrons. The predicted molar refractivity (Wildman–Crippen MR) is 136 cm³/mol. The van der Waals surface area contributed by atoms with Crippen molar-refractivity contribution in [1.29, 1.82) is 0 Å². The van der Waals surface area contributed by atoms with Crippen molar-refractivity contribution in [2.24, 2.45) is 10.9 Å². The van der Waals surface area contributed by atoms with Crippen molar-refractivity contribution < 1.29 is 9.21 Å². The summed E-state index contributed by atoms with van der Waals surface area (Å²) in [6, 6.07) is 16.0. The Kier molecular flexibility index (Phi) is 7.95. The number of benzene rings is 2. The van der Waals surface area contributed by atoms with Gasteiger partial charge in [0, 0.05) is 36.1 Å². The summed E-state index contributed by atoms with van der Waals surface area (Å²) in [5.41, 5.74) is 3.95. The van der Waals surface area contributed by atoms with E-state index in [0.717, 1.165) is 52.8 Å². The van der Waals surface area contributed by atoms with Gasteiger partial charge in [0.2, 0.25) is 5.91 Å². The third kappa shape index (κ3) is 5.58. The van der Waals surface area contributed by atoms with Crippen LogP contribution in [-0.4, -0.2) is 18.9 Å². The molecular weight excluding hydrogens is 503 g/mol. The highest BCUT2D eigenvalue weighted by Gasteiger charge is 2.25. The highest BCUT2D eigenvalue weighted by Crippen LogP contribution is 2.27. The van der Waals surface area contributed by atoms with Gasteiger partial charge in [-0.15, -0.1) is 24.0 Å². The summed E-state index contributed by atoms with van der Waals surface area (Å²) < 4.78 is 5.96. The average Bonchev–Trinajstić information content (AvgIpc) is 3.03. The number of para-hydroxylation sites is 1. The molecule has 31 heavy (non-hydrogen) atoms. The van der Waals surface area contributed by atoms with Crippen molar-refractivity contribution >= 4 is 52.5 Å². The maximum absolute atomic E-state index is 12.2. The second-order valence-corrected chi connectivity index (χ2v) is 7.74. The van der Waals surface area contributed by atoms with Crippen LogP contribution in [0, 0.1) is 12.8 Å². The van der Waals surface area contributed by atoms with Crippen LogP contribution in [0.25, 0.3) is 11.0 Å². The van der Waals surface area contributed by atoms with E-state index in [1.165, 1.54) is 0 Å². The number of aliphatic imine (C=N–C) groups is 1. The van der Waals surface area contributed by atoms with Gasteiger partial charge in [0.25, 0.3) is 0 Å². The van der Waals surface area contributed by atoms with Crippen molar-refractivity contribution in [1.82, 2.24) is 10.6 Å². The highest BCUT2D eigenvalue weighted by atomic mass is 127. The van der Waals surface area contributed by atoms with Crippen molar-refractivity contribution in [3.05, 3.63) is 65.4 Å². The number of carbonyl (C=O) groups excluding carboxylic acids is 1. The van der Waals surface area contributed by atoms with E-state index in [2.05, 4.69) is 33.9 Å². The molecule has 4 rings (SSSR count). The van der Waals surface area contributed by atoms with Crippen LogP contribution in [0.15, 0.2) is 57.9 Å². The van der Waals surface area contributed by atoms with Gasteiger partial charge in [-0.1, -0.05) is 36.8 Å². The molecule has 0 bridgehead atoms. The summed E-state index contributed by atoms with van der Waals surface area (Å²) in [7, 11) is 1.75. The zero-order valence-electron chi connectivity index (χ0n) is 17.9. The molecule has 1 fully saturated rings. The maximum atomic E-state index is 12.2. The Hall–Kier alpha value is -2.55. The SMILES string of the molecule is CN=C(NCc1cccc(NC(=O)C2CCC2)c1)NCc1oc2ccccc2c1C.I. The number of hydrogen-bond donors (Lipinski definition) is 3. The van der Waals surface area contributed by atoms with Crippen molar-refractivity contribution in [2.75, 3.05) is 12.4 Å². The number of halogens is 1. The van der Waals surface area contributed by atoms with E-state index < -0.39 is 0 Å². The minimum absolute atomic E-state index is 0. The summed E-state index contributed by atoms with van der Waals surface area (Å²) >= 11 is 0. The first-order valence-electron chi connectivity index (χ1n) is 10.5. The van der Waals surface area contributed by atoms with Gasteiger partial charge < -0.3 is 20.4 Å². The number of aryl methyl sites for hydroxylation is 1. The number of rotatable bonds is 6. The van der Waals surface area contributed by atoms with Crippen LogP contribution < -0.4 is 16.0 Å². The molecule has 0 aliphatic heterocycles. The zero-order chi connectivity index (χ0) is 20.9. The lowest BCUT2D eigenvalue weighted by molar-refractivity contribution is -0.122. The number of nitrogens with one attached hydrogen (secondary N) is 3. The first kappa shape index (κ1) is 23.1. The number of hydrogen-bond acceptors (Lipinski definition) is 3. The lowest BCUT2D eigenvalue weighted by atomic mass is 9.85. The van der Waals surface area contributed by atoms with Gasteiger partial charge in [0.05, 0.1) is 6.54 Å². The summed E-state index contributed by atoms with van der Waals surface area (Å²) in [5.74, 6) is 1.90. The molecular formula is C24H29IN4O2. The van der Waals surface area contributed by atoms with E-state index in [4.69, 9.17) is 4.42 Å². The number of guanidine groups is 1. The zero-order valence-corrected chi connectivity index (χ0v) is 20.2. The molecule has 164 valence electrons. The summed E-state index contributed by atoms with van der Waals surface area (Å²) in [6.45, 7) is 3.23. The molecule has 1 heterocycles. The van der Waals surface area contributed by atoms with Crippen LogP contribution >= 0.6 is 24.0 Å². The molecule has 0 unspecified atom stereocenters. The number of fused-ring (bicyclic) bond motifs is 1. The monoisotopic (exact) mass is 532 g/mol. The third-order valence-electron chi connectivity index (χ3n) is 5.71. The molecule has 1 saturated carbocycles. The minimum Gasteiger partial charge on any atom is -0.459 e. The van der Waals surface area contributed by atoms with Crippen molar-refractivity contribution in [2.45, 2.75) is 39.3 Å². The summed E-state index contributed by atoms with van der Waals surface area (Å²) in [6.07, 6.45) is 3.15. The lowest BCUT2D eigenvalue weighted by Gasteiger charge is -2.24. The van der Waals surface area contributed by atoms with Crippen LogP contribution in [-0.2, 0) is 17.9 Å². The molecule has 1 aliphatic rings. The Morgan fingerprint density at radius 3 is 2.58 bits per heavy atom. The normalized spacial score (nSPS) is 13.9. The molecule has 1 amide bonds. The van der Waals surface area contributed by atoms with E-state index in [-0.39, 0.29) is 35.8 Å². The minimum atomic E-state index is 0. The van der Waals surface area contributed by atoms with Gasteiger partial charge in [-0.3, -0.25) is 9.79 Å². The third-order valence-corrected chi connectivity index (χ3v) is 5.71. The second kappa shape index (κ2) is 10.7. The van der Waals surface area contributed by atoms with Crippen molar-refractivity contribution in [3.8, 4) is 0 Å². The number of carbonyl (C=O) groups is 1. The van der Waals surface area contributed by atoms with Crippen LogP contribution in [0.3, 0.4) is 0 Å². The van der Waals surface area contributed by atoms with Crippen LogP contribution in [0.2, 0.25) is 0 Å². The largest absolute Gasteiger partial charge is 0.459 e. The first-order chi connectivity index (χ1) is 14.6. The number of furan rings is 1. The molecule has 6 nitrogen and oxygen atoms in total. The second-order valence-electron chi connectivity index (χ2n) is 7.74. The van der Waals surface area contributed by atoms with Gasteiger partial charge >= 0.3 is 0 Å². The predicted octanol–water partition coefficient (Wildman–Crippen LogP) is 4.96. The highest BCUT2D eigenvalue weighted by molar-refractivity contribution is 14.0. The van der Waals surface area contributed by atoms with E-state index in [0.29, 0.717) is 19.0 Å². The molecule has 7 heteroatoms. The first-order valence-corrected chi connectivity index (χ1v) is 10.5. The molecule has 0 saturated heterocycles. The van der Waals surface area contributed by atoms with Gasteiger partial charge in [-0.25, -0.2) is 0 Å². The van der Waals surface area contributed by atoms with E-state index in [1.54, 1.807) is 7.05 Å². The van der Waals surface area contributed by atoms with Gasteiger partial charge in [0.15, 0.2) is 5.96 Å². The Labute approximate surface area is 199 Å². The number of nitrogens with zero attached hydrogens (tertiary/aromatic N) is 1. The summed E-state index contributed by atoms with van der Waals surface area (Å²) in [5, 5.41) is 10.8. The van der Waals surface area contributed by atoms with Crippen LogP contribution in [0.4, 0.5) is 5.69 Å². The fourth-order valence-electron chi connectivity index (χ4n) is 3.64. The standard InChI is InChI=1S/C24H28N4O2.HI/c1-16-20-11-3-4-12-21(20)30-22(16)15-27-24(25-2)26-14-17-7-5-10-19(13-17)28-23(29)18-8-6-9-18;/h3-5,7,10-13,18H,6,8-9,14-15H2,1-2H3,(H,28,29)(H2,25,26,27);1H. The number of anilines is 1. The van der Waals surface area contributed by atoms with Crippen LogP contribution in [0.5, 0.6) is 0 Å². The topological polar surface area (TPSA) is 78.7 Å². The van der Waals surface area contributed by atoms with E-state index >= 15 is 0 Å². The Bertz CT molecular complexity index is 1070. The molecule has 0 spiro atoms. The quantitative estimate of drug-likeness (QED) is 0.238. The number of amides is 1. The maximum Gasteiger partial charge on any atom is 0.227 e.